The van der Waals surface area contributed by atoms with Crippen LogP contribution in [0.3, 0.4) is 0 Å². The smallest absolute Gasteiger partial charge is 0.346 e. The van der Waals surface area contributed by atoms with Gasteiger partial charge in [0.1, 0.15) is 5.82 Å². The molecule has 1 aromatic carbocycles. The molecule has 4 nitrogen and oxygen atoms in total. The van der Waals surface area contributed by atoms with Crippen LogP contribution in [0.2, 0.25) is 0 Å². The van der Waals surface area contributed by atoms with Crippen LogP contribution in [0, 0.1) is 0 Å². The minimum absolute atomic E-state index is 0.282. The first kappa shape index (κ1) is 10.1. The van der Waals surface area contributed by atoms with E-state index in [4.69, 9.17) is 0 Å². The number of hydrogen-bond acceptors (Lipinski definition) is 3. The highest BCUT2D eigenvalue weighted by Gasteiger charge is 2.21. The zero-order valence-electron chi connectivity index (χ0n) is 9.31. The Morgan fingerprint density at radius 2 is 2.18 bits per heavy atom. The highest BCUT2D eigenvalue weighted by atomic mass is 16.1. The average molecular weight is 227 g/mol. The van der Waals surface area contributed by atoms with Gasteiger partial charge in [-0.15, -0.1) is 0 Å². The van der Waals surface area contributed by atoms with E-state index in [1.54, 1.807) is 6.07 Å². The highest BCUT2D eigenvalue weighted by molar-refractivity contribution is 5.42. The monoisotopic (exact) mass is 227 g/mol. The number of nitrogens with zero attached hydrogens (tertiary/aromatic N) is 1. The summed E-state index contributed by atoms with van der Waals surface area (Å²) in [5.41, 5.74) is 2.40. The van der Waals surface area contributed by atoms with Crippen LogP contribution in [-0.2, 0) is 6.42 Å². The molecule has 0 saturated carbocycles. The van der Waals surface area contributed by atoms with Gasteiger partial charge in [0, 0.05) is 6.20 Å². The van der Waals surface area contributed by atoms with Gasteiger partial charge in [0.25, 0.3) is 0 Å². The Balaban J connectivity index is 1.86. The van der Waals surface area contributed by atoms with Gasteiger partial charge in [0.2, 0.25) is 0 Å². The molecular formula is C13H13N3O. The molecule has 2 aromatic rings. The molecule has 4 heteroatoms. The second-order valence-electron chi connectivity index (χ2n) is 4.22. The quantitative estimate of drug-likeness (QED) is 0.823. The molecule has 1 heterocycles. The maximum absolute atomic E-state index is 11.1. The van der Waals surface area contributed by atoms with E-state index in [-0.39, 0.29) is 11.7 Å². The molecule has 0 spiro atoms. The summed E-state index contributed by atoms with van der Waals surface area (Å²) in [6.07, 6.45) is 3.66. The molecule has 1 atom stereocenters. The summed E-state index contributed by atoms with van der Waals surface area (Å²) in [5.74, 6) is 0.728. The van der Waals surface area contributed by atoms with Gasteiger partial charge in [-0.2, -0.15) is 0 Å². The molecule has 1 aliphatic carbocycles. The number of fused-ring (bicyclic) bond motifs is 1. The average Bonchev–Trinajstić information content (AvgIpc) is 2.73. The van der Waals surface area contributed by atoms with Gasteiger partial charge in [-0.3, -0.25) is 4.98 Å². The lowest BCUT2D eigenvalue weighted by atomic mass is 10.1. The van der Waals surface area contributed by atoms with Crippen molar-refractivity contribution < 1.29 is 0 Å². The largest absolute Gasteiger partial charge is 0.365 e. The van der Waals surface area contributed by atoms with Crippen LogP contribution < -0.4 is 11.0 Å². The van der Waals surface area contributed by atoms with Gasteiger partial charge < -0.3 is 5.32 Å². The molecule has 0 aliphatic heterocycles. The molecule has 2 N–H and O–H groups in total. The Hall–Kier alpha value is -2.10. The fourth-order valence-corrected chi connectivity index (χ4v) is 2.35. The normalized spacial score (nSPS) is 17.8. The maximum Gasteiger partial charge on any atom is 0.346 e. The van der Waals surface area contributed by atoms with Crippen molar-refractivity contribution in [3.05, 3.63) is 58.1 Å². The number of aromatic nitrogens is 2. The summed E-state index contributed by atoms with van der Waals surface area (Å²) >= 11 is 0. The zero-order chi connectivity index (χ0) is 11.7. The molecule has 17 heavy (non-hydrogen) atoms. The second-order valence-corrected chi connectivity index (χ2v) is 4.22. The van der Waals surface area contributed by atoms with Crippen molar-refractivity contribution in [3.63, 3.8) is 0 Å². The SMILES string of the molecule is O=c1nccc(N[C@H]2CCc3ccccc32)[nH]1. The van der Waals surface area contributed by atoms with E-state index in [9.17, 15) is 4.79 Å². The van der Waals surface area contributed by atoms with Crippen LogP contribution in [0.5, 0.6) is 0 Å². The minimum atomic E-state index is -0.318. The van der Waals surface area contributed by atoms with E-state index in [1.165, 1.54) is 17.3 Å². The van der Waals surface area contributed by atoms with Gasteiger partial charge in [0.15, 0.2) is 0 Å². The van der Waals surface area contributed by atoms with E-state index in [1.807, 2.05) is 6.07 Å². The molecule has 0 bridgehead atoms. The Kier molecular flexibility index (Phi) is 2.40. The Morgan fingerprint density at radius 3 is 3.06 bits per heavy atom. The molecule has 3 rings (SSSR count). The Labute approximate surface area is 98.7 Å². The molecule has 0 radical (unpaired) electrons. The minimum Gasteiger partial charge on any atom is -0.365 e. The van der Waals surface area contributed by atoms with E-state index >= 15 is 0 Å². The van der Waals surface area contributed by atoms with Crippen LogP contribution in [0.15, 0.2) is 41.3 Å². The van der Waals surface area contributed by atoms with E-state index in [2.05, 4.69) is 33.5 Å². The van der Waals surface area contributed by atoms with Gasteiger partial charge >= 0.3 is 5.69 Å². The van der Waals surface area contributed by atoms with Crippen molar-refractivity contribution >= 4 is 5.82 Å². The molecule has 86 valence electrons. The van der Waals surface area contributed by atoms with E-state index in [0.29, 0.717) is 0 Å². The summed E-state index contributed by atoms with van der Waals surface area (Å²) < 4.78 is 0. The zero-order valence-corrected chi connectivity index (χ0v) is 9.31. The molecule has 1 aliphatic rings. The number of hydrogen-bond donors (Lipinski definition) is 2. The van der Waals surface area contributed by atoms with Crippen molar-refractivity contribution in [1.29, 1.82) is 0 Å². The van der Waals surface area contributed by atoms with Crippen LogP contribution in [0.1, 0.15) is 23.6 Å². The van der Waals surface area contributed by atoms with Gasteiger partial charge in [0.05, 0.1) is 6.04 Å². The van der Waals surface area contributed by atoms with Crippen molar-refractivity contribution in [2.45, 2.75) is 18.9 Å². The third kappa shape index (κ3) is 1.93. The predicted octanol–water partition coefficient (Wildman–Crippen LogP) is 1.87. The van der Waals surface area contributed by atoms with Gasteiger partial charge in [-0.05, 0) is 30.0 Å². The topological polar surface area (TPSA) is 57.8 Å². The van der Waals surface area contributed by atoms with Crippen molar-refractivity contribution in [2.24, 2.45) is 0 Å². The lowest BCUT2D eigenvalue weighted by Gasteiger charge is -2.14. The summed E-state index contributed by atoms with van der Waals surface area (Å²) in [5, 5.41) is 3.34. The Bertz CT molecular complexity index is 591. The van der Waals surface area contributed by atoms with Crippen LogP contribution in [0.25, 0.3) is 0 Å². The summed E-state index contributed by atoms with van der Waals surface area (Å²) in [6.45, 7) is 0. The first-order valence-electron chi connectivity index (χ1n) is 5.72. The van der Waals surface area contributed by atoms with Gasteiger partial charge in [-0.25, -0.2) is 9.78 Å². The fraction of sp³-hybridized carbons (Fsp3) is 0.231. The lowest BCUT2D eigenvalue weighted by Crippen LogP contribution is -2.15. The summed E-state index contributed by atoms with van der Waals surface area (Å²) in [4.78, 5) is 17.4. The van der Waals surface area contributed by atoms with Crippen molar-refractivity contribution in [3.8, 4) is 0 Å². The number of aryl methyl sites for hydroxylation is 1. The molecule has 0 fully saturated rings. The molecule has 0 saturated heterocycles. The summed E-state index contributed by atoms with van der Waals surface area (Å²) in [7, 11) is 0. The van der Waals surface area contributed by atoms with Crippen molar-refractivity contribution in [1.82, 2.24) is 9.97 Å². The first-order valence-corrected chi connectivity index (χ1v) is 5.72. The van der Waals surface area contributed by atoms with E-state index in [0.717, 1.165) is 18.7 Å². The standard InChI is InChI=1S/C13H13N3O/c17-13-14-8-7-12(16-13)15-11-6-5-9-3-1-2-4-10(9)11/h1-4,7-8,11H,5-6H2,(H2,14,15,16,17)/t11-/m0/s1. The number of nitrogens with one attached hydrogen (secondary N) is 2. The van der Waals surface area contributed by atoms with Crippen LogP contribution in [-0.4, -0.2) is 9.97 Å². The van der Waals surface area contributed by atoms with Crippen LogP contribution >= 0.6 is 0 Å². The summed E-state index contributed by atoms with van der Waals surface area (Å²) in [6, 6.07) is 10.5. The number of H-pyrrole nitrogens is 1. The fourth-order valence-electron chi connectivity index (χ4n) is 2.35. The third-order valence-corrected chi connectivity index (χ3v) is 3.14. The van der Waals surface area contributed by atoms with Gasteiger partial charge in [-0.1, -0.05) is 24.3 Å². The van der Waals surface area contributed by atoms with Crippen LogP contribution in [0.4, 0.5) is 5.82 Å². The molecule has 1 aromatic heterocycles. The van der Waals surface area contributed by atoms with E-state index < -0.39 is 0 Å². The number of benzene rings is 1. The Morgan fingerprint density at radius 1 is 1.29 bits per heavy atom. The number of anilines is 1. The second kappa shape index (κ2) is 4.05. The lowest BCUT2D eigenvalue weighted by molar-refractivity contribution is 0.755. The predicted molar refractivity (Wildman–Crippen MR) is 66.0 cm³/mol. The number of aromatic amines is 1. The first-order chi connectivity index (χ1) is 8.33. The van der Waals surface area contributed by atoms with Crippen molar-refractivity contribution in [2.75, 3.05) is 5.32 Å². The molecule has 0 amide bonds. The third-order valence-electron chi connectivity index (χ3n) is 3.14. The highest BCUT2D eigenvalue weighted by Crippen LogP contribution is 2.32. The molecular weight excluding hydrogens is 214 g/mol. The number of rotatable bonds is 2. The molecule has 0 unspecified atom stereocenters. The maximum atomic E-state index is 11.1.